The Morgan fingerprint density at radius 2 is 0.542 bits per heavy atom. The van der Waals surface area contributed by atoms with Crippen molar-refractivity contribution in [2.75, 3.05) is 0 Å². The average molecular weight is 797 g/mol. The van der Waals surface area contributed by atoms with E-state index in [-0.39, 0.29) is 23.8 Å². The predicted molar refractivity (Wildman–Crippen MR) is 250 cm³/mol. The summed E-state index contributed by atoms with van der Waals surface area (Å²) in [6, 6.07) is 5.32. The van der Waals surface area contributed by atoms with E-state index in [0.717, 1.165) is 128 Å². The number of carbonyl (C=O) groups is 2. The highest BCUT2D eigenvalue weighted by Crippen LogP contribution is 2.65. The molecule has 1 aliphatic heterocycles. The molecular weight excluding hydrogens is 721 g/mol. The van der Waals surface area contributed by atoms with E-state index < -0.39 is 11.8 Å². The van der Waals surface area contributed by atoms with E-state index in [1.807, 2.05) is 0 Å². The van der Waals surface area contributed by atoms with E-state index in [0.29, 0.717) is 0 Å². The van der Waals surface area contributed by atoms with Crippen molar-refractivity contribution in [3.8, 4) is 0 Å². The molecule has 8 rings (SSSR count). The van der Waals surface area contributed by atoms with Crippen molar-refractivity contribution in [2.45, 2.75) is 209 Å². The first-order valence-electron chi connectivity index (χ1n) is 24.8. The highest BCUT2D eigenvalue weighted by Gasteiger charge is 2.63. The topological polar surface area (TPSA) is 43.4 Å². The molecule has 1 fully saturated rings. The van der Waals surface area contributed by atoms with Crippen LogP contribution in [0.1, 0.15) is 223 Å². The van der Waals surface area contributed by atoms with Crippen LogP contribution in [-0.4, -0.2) is 11.9 Å². The van der Waals surface area contributed by atoms with Crippen molar-refractivity contribution in [3.05, 3.63) is 90.0 Å². The molecule has 2 unspecified atom stereocenters. The number of esters is 2. The zero-order chi connectivity index (χ0) is 42.1. The summed E-state index contributed by atoms with van der Waals surface area (Å²) in [6.07, 6.45) is 21.6. The van der Waals surface area contributed by atoms with Crippen LogP contribution in [0, 0.1) is 11.8 Å². The van der Waals surface area contributed by atoms with Gasteiger partial charge in [0.2, 0.25) is 0 Å². The number of ether oxygens (including phenoxy) is 1. The Labute approximate surface area is 357 Å². The van der Waals surface area contributed by atoms with Crippen molar-refractivity contribution in [1.29, 1.82) is 0 Å². The lowest BCUT2D eigenvalue weighted by Crippen LogP contribution is -2.44. The summed E-state index contributed by atoms with van der Waals surface area (Å²) in [5, 5.41) is 5.79. The molecule has 0 radical (unpaired) electrons. The summed E-state index contributed by atoms with van der Waals surface area (Å²) in [5.41, 5.74) is 21.2. The molecule has 3 nitrogen and oxygen atoms in total. The molecule has 0 amide bonds. The van der Waals surface area contributed by atoms with Crippen molar-refractivity contribution in [3.63, 3.8) is 0 Å². The summed E-state index contributed by atoms with van der Waals surface area (Å²) in [5.74, 6) is -1.76. The fraction of sp³-hybridized carbons (Fsp3) is 0.607. The maximum atomic E-state index is 14.4. The van der Waals surface area contributed by atoms with Crippen LogP contribution < -0.4 is 0 Å². The molecule has 4 aromatic rings. The van der Waals surface area contributed by atoms with Gasteiger partial charge in [-0.3, -0.25) is 9.59 Å². The van der Waals surface area contributed by atoms with E-state index in [2.05, 4.69) is 81.4 Å². The molecule has 4 atom stereocenters. The normalized spacial score (nSPS) is 19.2. The molecule has 3 aliphatic carbocycles. The van der Waals surface area contributed by atoms with E-state index >= 15 is 0 Å². The molecule has 1 saturated heterocycles. The van der Waals surface area contributed by atoms with Crippen LogP contribution in [0.25, 0.3) is 21.5 Å². The minimum absolute atomic E-state index is 0.150. The lowest BCUT2D eigenvalue weighted by atomic mass is 9.50. The Kier molecular flexibility index (Phi) is 13.8. The van der Waals surface area contributed by atoms with E-state index in [9.17, 15) is 9.59 Å². The number of carbonyl (C=O) groups excluding carboxylic acids is 2. The summed E-state index contributed by atoms with van der Waals surface area (Å²) in [4.78, 5) is 28.7. The van der Waals surface area contributed by atoms with Crippen LogP contribution in [0.2, 0.25) is 0 Å². The van der Waals surface area contributed by atoms with Crippen LogP contribution in [-0.2, 0) is 78.5 Å². The first-order valence-corrected chi connectivity index (χ1v) is 24.8. The second kappa shape index (κ2) is 18.7. The minimum atomic E-state index is -0.452. The molecule has 59 heavy (non-hydrogen) atoms. The summed E-state index contributed by atoms with van der Waals surface area (Å²) >= 11 is 0. The zero-order valence-electron chi connectivity index (χ0n) is 38.8. The first-order chi connectivity index (χ1) is 28.8. The molecule has 2 bridgehead atoms. The SMILES string of the molecule is CCCc1c(CCC)c(CCC)c2c(c1CCC)C1c3c(c(CCC)c4cc5c(CCC)c(CCC)c(CCC)c(CCC)c5cc4c3CCC)C2[C@@H]2C(=O)OC(=O)[C@H]12. The summed E-state index contributed by atoms with van der Waals surface area (Å²) < 4.78 is 5.85. The molecule has 0 saturated carbocycles. The number of benzene rings is 4. The van der Waals surface area contributed by atoms with Crippen LogP contribution in [0.3, 0.4) is 0 Å². The van der Waals surface area contributed by atoms with Crippen molar-refractivity contribution in [1.82, 2.24) is 0 Å². The van der Waals surface area contributed by atoms with Gasteiger partial charge in [-0.25, -0.2) is 0 Å². The summed E-state index contributed by atoms with van der Waals surface area (Å²) in [7, 11) is 0. The smallest absolute Gasteiger partial charge is 0.318 e. The van der Waals surface area contributed by atoms with Gasteiger partial charge in [0.05, 0.1) is 11.8 Å². The number of aryl methyl sites for hydroxylation is 4. The van der Waals surface area contributed by atoms with Gasteiger partial charge >= 0.3 is 11.9 Å². The second-order valence-corrected chi connectivity index (χ2v) is 18.6. The predicted octanol–water partition coefficient (Wildman–Crippen LogP) is 14.4. The number of cyclic esters (lactones) is 2. The lowest BCUT2D eigenvalue weighted by molar-refractivity contribution is -0.153. The fourth-order valence-electron chi connectivity index (χ4n) is 12.9. The van der Waals surface area contributed by atoms with Crippen LogP contribution >= 0.6 is 0 Å². The largest absolute Gasteiger partial charge is 0.393 e. The molecule has 1 heterocycles. The third-order valence-corrected chi connectivity index (χ3v) is 14.6. The number of hydrogen-bond acceptors (Lipinski definition) is 3. The zero-order valence-corrected chi connectivity index (χ0v) is 38.8. The van der Waals surface area contributed by atoms with E-state index in [1.54, 1.807) is 33.4 Å². The Bertz CT molecular complexity index is 2080. The van der Waals surface area contributed by atoms with Crippen molar-refractivity contribution >= 4 is 33.5 Å². The highest BCUT2D eigenvalue weighted by atomic mass is 16.6. The van der Waals surface area contributed by atoms with Crippen molar-refractivity contribution in [2.24, 2.45) is 11.8 Å². The van der Waals surface area contributed by atoms with Gasteiger partial charge in [-0.05, 0) is 176 Å². The Hall–Kier alpha value is -3.46. The van der Waals surface area contributed by atoms with Crippen LogP contribution in [0.4, 0.5) is 0 Å². The quantitative estimate of drug-likeness (QED) is 0.0508. The molecule has 3 heteroatoms. The molecule has 4 aromatic carbocycles. The van der Waals surface area contributed by atoms with E-state index in [1.165, 1.54) is 66.1 Å². The van der Waals surface area contributed by atoms with Gasteiger partial charge in [0.15, 0.2) is 0 Å². The first kappa shape index (κ1) is 43.6. The average Bonchev–Trinajstić information content (AvgIpc) is 3.53. The number of rotatable bonds is 20. The van der Waals surface area contributed by atoms with Gasteiger partial charge in [-0.15, -0.1) is 0 Å². The van der Waals surface area contributed by atoms with Gasteiger partial charge in [0.25, 0.3) is 0 Å². The number of fused-ring (bicyclic) bond motifs is 2. The third kappa shape index (κ3) is 7.01. The van der Waals surface area contributed by atoms with Crippen molar-refractivity contribution < 1.29 is 14.3 Å². The molecular formula is C56H76O3. The Balaban J connectivity index is 1.73. The monoisotopic (exact) mass is 797 g/mol. The standard InChI is InChI=1S/C56H76O3/c1-11-21-33-34(22-12-2)38(26-16-6)44-32-46-42(30-20-10)50-49(41(29-19-9)45(46)31-43(44)37(33)25-15-5)51-47-39(27-17-7)35(23-13-3)36(24-14-4)40(28-18-8)48(47)52(50)54-53(51)55(57)59-56(54)58/h31-32,51-54H,11-30H2,1-10H3/t51?,52?,53-,54+. The minimum Gasteiger partial charge on any atom is -0.393 e. The van der Waals surface area contributed by atoms with Crippen LogP contribution in [0.5, 0.6) is 0 Å². The maximum Gasteiger partial charge on any atom is 0.318 e. The Morgan fingerprint density at radius 1 is 0.322 bits per heavy atom. The molecule has 0 aromatic heterocycles. The lowest BCUT2D eigenvalue weighted by Gasteiger charge is -2.50. The highest BCUT2D eigenvalue weighted by molar-refractivity contribution is 6.07. The van der Waals surface area contributed by atoms with Gasteiger partial charge in [0.1, 0.15) is 0 Å². The second-order valence-electron chi connectivity index (χ2n) is 18.6. The fourth-order valence-corrected chi connectivity index (χ4v) is 12.9. The van der Waals surface area contributed by atoms with Gasteiger partial charge < -0.3 is 4.74 Å². The molecule has 0 N–H and O–H groups in total. The molecule has 318 valence electrons. The molecule has 4 aliphatic rings. The molecule has 0 spiro atoms. The van der Waals surface area contributed by atoms with Gasteiger partial charge in [-0.2, -0.15) is 0 Å². The third-order valence-electron chi connectivity index (χ3n) is 14.6. The Morgan fingerprint density at radius 3 is 0.847 bits per heavy atom. The van der Waals surface area contributed by atoms with Crippen LogP contribution in [0.15, 0.2) is 12.1 Å². The van der Waals surface area contributed by atoms with Gasteiger partial charge in [0, 0.05) is 11.8 Å². The summed E-state index contributed by atoms with van der Waals surface area (Å²) in [6.45, 7) is 23.4. The van der Waals surface area contributed by atoms with Gasteiger partial charge in [-0.1, -0.05) is 133 Å². The van der Waals surface area contributed by atoms with E-state index in [4.69, 9.17) is 4.74 Å². The number of hydrogen-bond donors (Lipinski definition) is 0. The maximum absolute atomic E-state index is 14.4.